The fraction of sp³-hybridized carbons (Fsp3) is 0.636. The van der Waals surface area contributed by atoms with Crippen LogP contribution in [0.4, 0.5) is 0 Å². The van der Waals surface area contributed by atoms with Crippen LogP contribution in [0.3, 0.4) is 0 Å². The van der Waals surface area contributed by atoms with Crippen molar-refractivity contribution in [2.75, 3.05) is 24.7 Å². The van der Waals surface area contributed by atoms with Crippen LogP contribution in [0.25, 0.3) is 0 Å². The van der Waals surface area contributed by atoms with Crippen LogP contribution in [-0.4, -0.2) is 47.7 Å². The van der Waals surface area contributed by atoms with Gasteiger partial charge >= 0.3 is 5.97 Å². The fourth-order valence-electron chi connectivity index (χ4n) is 0.953. The van der Waals surface area contributed by atoms with Crippen molar-refractivity contribution in [3.8, 4) is 0 Å². The quantitative estimate of drug-likeness (QED) is 0.451. The van der Waals surface area contributed by atoms with Crippen LogP contribution in [0.1, 0.15) is 13.3 Å². The summed E-state index contributed by atoms with van der Waals surface area (Å²) < 4.78 is 5.26. The van der Waals surface area contributed by atoms with Gasteiger partial charge in [-0.05, 0) is 13.3 Å². The Labute approximate surface area is 106 Å². The van der Waals surface area contributed by atoms with Gasteiger partial charge in [0, 0.05) is 12.3 Å². The van der Waals surface area contributed by atoms with E-state index < -0.39 is 12.1 Å². The lowest BCUT2D eigenvalue weighted by Crippen LogP contribution is -2.36. The van der Waals surface area contributed by atoms with Gasteiger partial charge in [-0.25, -0.2) is 0 Å². The SMILES string of the molecule is C=CCCOC(C)C(=O)NCCSCC(=O)O. The van der Waals surface area contributed by atoms with Gasteiger partial charge in [0.1, 0.15) is 6.10 Å². The van der Waals surface area contributed by atoms with Gasteiger partial charge in [-0.1, -0.05) is 6.08 Å². The number of rotatable bonds is 10. The molecule has 0 fully saturated rings. The molecule has 0 saturated heterocycles. The number of nitrogens with one attached hydrogen (secondary N) is 1. The molecule has 0 saturated carbocycles. The van der Waals surface area contributed by atoms with Crippen molar-refractivity contribution in [2.45, 2.75) is 19.4 Å². The second-order valence-corrected chi connectivity index (χ2v) is 4.43. The van der Waals surface area contributed by atoms with Crippen molar-refractivity contribution in [3.05, 3.63) is 12.7 Å². The van der Waals surface area contributed by atoms with Gasteiger partial charge in [-0.15, -0.1) is 18.3 Å². The van der Waals surface area contributed by atoms with E-state index in [1.807, 2.05) is 0 Å². The summed E-state index contributed by atoms with van der Waals surface area (Å²) in [4.78, 5) is 21.7. The van der Waals surface area contributed by atoms with Gasteiger partial charge in [0.25, 0.3) is 0 Å². The van der Waals surface area contributed by atoms with E-state index in [1.54, 1.807) is 13.0 Å². The average Bonchev–Trinajstić information content (AvgIpc) is 2.28. The molecule has 0 heterocycles. The number of hydrogen-bond acceptors (Lipinski definition) is 4. The first kappa shape index (κ1) is 16.0. The molecule has 0 aromatic rings. The van der Waals surface area contributed by atoms with Crippen molar-refractivity contribution in [3.63, 3.8) is 0 Å². The van der Waals surface area contributed by atoms with E-state index in [2.05, 4.69) is 11.9 Å². The minimum absolute atomic E-state index is 0.0568. The molecule has 0 aromatic carbocycles. The third-order valence-electron chi connectivity index (χ3n) is 1.83. The Morgan fingerprint density at radius 2 is 2.29 bits per heavy atom. The molecule has 0 aromatic heterocycles. The molecule has 1 atom stereocenters. The Bertz CT molecular complexity index is 258. The molecule has 98 valence electrons. The van der Waals surface area contributed by atoms with Crippen LogP contribution >= 0.6 is 11.8 Å². The minimum atomic E-state index is -0.845. The third-order valence-corrected chi connectivity index (χ3v) is 2.77. The maximum atomic E-state index is 11.4. The zero-order valence-electron chi connectivity index (χ0n) is 9.98. The lowest BCUT2D eigenvalue weighted by molar-refractivity contribution is -0.134. The number of thioether (sulfide) groups is 1. The zero-order valence-corrected chi connectivity index (χ0v) is 10.8. The molecule has 1 unspecified atom stereocenters. The van der Waals surface area contributed by atoms with Crippen LogP contribution in [-0.2, 0) is 14.3 Å². The van der Waals surface area contributed by atoms with Crippen LogP contribution < -0.4 is 5.32 Å². The summed E-state index contributed by atoms with van der Waals surface area (Å²) in [6.07, 6.45) is 1.96. The Kier molecular flexibility index (Phi) is 9.56. The van der Waals surface area contributed by atoms with E-state index in [0.29, 0.717) is 25.3 Å². The molecule has 17 heavy (non-hydrogen) atoms. The number of aliphatic carboxylic acids is 1. The van der Waals surface area contributed by atoms with Gasteiger partial charge in [-0.3, -0.25) is 9.59 Å². The molecule has 0 aliphatic carbocycles. The van der Waals surface area contributed by atoms with Gasteiger partial charge < -0.3 is 15.2 Å². The van der Waals surface area contributed by atoms with E-state index in [1.165, 1.54) is 11.8 Å². The number of hydrogen-bond donors (Lipinski definition) is 2. The maximum Gasteiger partial charge on any atom is 0.313 e. The number of carbonyl (C=O) groups excluding carboxylic acids is 1. The lowest BCUT2D eigenvalue weighted by Gasteiger charge is -2.12. The summed E-state index contributed by atoms with van der Waals surface area (Å²) in [5, 5.41) is 11.1. The smallest absolute Gasteiger partial charge is 0.313 e. The van der Waals surface area contributed by atoms with Crippen LogP contribution in [0, 0.1) is 0 Å². The summed E-state index contributed by atoms with van der Waals surface area (Å²) in [5.74, 6) is -0.383. The molecule has 0 rings (SSSR count). The molecule has 1 amide bonds. The molecule has 6 heteroatoms. The molecule has 0 radical (unpaired) electrons. The number of amides is 1. The van der Waals surface area contributed by atoms with Gasteiger partial charge in [0.05, 0.1) is 12.4 Å². The Hall–Kier alpha value is -1.01. The number of ether oxygens (including phenoxy) is 1. The standard InChI is InChI=1S/C11H19NO4S/c1-3-4-6-16-9(2)11(15)12-5-7-17-8-10(13)14/h3,9H,1,4-8H2,2H3,(H,12,15)(H,13,14). The molecule has 0 aliphatic heterocycles. The second-order valence-electron chi connectivity index (χ2n) is 3.33. The Balaban J connectivity index is 3.50. The maximum absolute atomic E-state index is 11.4. The average molecular weight is 261 g/mol. The molecule has 2 N–H and O–H groups in total. The zero-order chi connectivity index (χ0) is 13.1. The van der Waals surface area contributed by atoms with Crippen LogP contribution in [0.5, 0.6) is 0 Å². The number of carboxylic acids is 1. The first-order valence-corrected chi connectivity index (χ1v) is 6.53. The largest absolute Gasteiger partial charge is 0.481 e. The highest BCUT2D eigenvalue weighted by molar-refractivity contribution is 7.99. The molecular weight excluding hydrogens is 242 g/mol. The topological polar surface area (TPSA) is 75.6 Å². The van der Waals surface area contributed by atoms with Gasteiger partial charge in [0.15, 0.2) is 0 Å². The van der Waals surface area contributed by atoms with Crippen molar-refractivity contribution in [1.82, 2.24) is 5.32 Å². The summed E-state index contributed by atoms with van der Waals surface area (Å²) in [7, 11) is 0. The normalized spacial score (nSPS) is 11.8. The predicted molar refractivity (Wildman–Crippen MR) is 68.2 cm³/mol. The van der Waals surface area contributed by atoms with Crippen molar-refractivity contribution in [1.29, 1.82) is 0 Å². The highest BCUT2D eigenvalue weighted by Crippen LogP contribution is 1.98. The molecule has 0 spiro atoms. The van der Waals surface area contributed by atoms with Crippen LogP contribution in [0.15, 0.2) is 12.7 Å². The van der Waals surface area contributed by atoms with Crippen LogP contribution in [0.2, 0.25) is 0 Å². The summed E-state index contributed by atoms with van der Waals surface area (Å²) in [5.41, 5.74) is 0. The van der Waals surface area contributed by atoms with E-state index >= 15 is 0 Å². The lowest BCUT2D eigenvalue weighted by atomic mass is 10.3. The second kappa shape index (κ2) is 10.2. The predicted octanol–water partition coefficient (Wildman–Crippen LogP) is 0.902. The summed E-state index contributed by atoms with van der Waals surface area (Å²) in [6, 6.07) is 0. The Morgan fingerprint density at radius 1 is 1.59 bits per heavy atom. The first-order valence-electron chi connectivity index (χ1n) is 5.37. The molecule has 0 aliphatic rings. The fourth-order valence-corrected chi connectivity index (χ4v) is 1.52. The molecule has 0 bridgehead atoms. The van der Waals surface area contributed by atoms with Gasteiger partial charge in [0.2, 0.25) is 5.91 Å². The minimum Gasteiger partial charge on any atom is -0.481 e. The molecular formula is C11H19NO4S. The highest BCUT2D eigenvalue weighted by atomic mass is 32.2. The highest BCUT2D eigenvalue weighted by Gasteiger charge is 2.11. The third kappa shape index (κ3) is 9.89. The van der Waals surface area contributed by atoms with Crippen molar-refractivity contribution >= 4 is 23.6 Å². The number of carboxylic acid groups (broad SMARTS) is 1. The van der Waals surface area contributed by atoms with Crippen molar-refractivity contribution < 1.29 is 19.4 Å². The number of carbonyl (C=O) groups is 2. The summed E-state index contributed by atoms with van der Waals surface area (Å²) in [6.45, 7) is 6.17. The monoisotopic (exact) mass is 261 g/mol. The van der Waals surface area contributed by atoms with E-state index in [-0.39, 0.29) is 11.7 Å². The Morgan fingerprint density at radius 3 is 2.88 bits per heavy atom. The first-order chi connectivity index (χ1) is 8.07. The van der Waals surface area contributed by atoms with Gasteiger partial charge in [-0.2, -0.15) is 0 Å². The van der Waals surface area contributed by atoms with E-state index in [0.717, 1.165) is 0 Å². The van der Waals surface area contributed by atoms with Crippen molar-refractivity contribution in [2.24, 2.45) is 0 Å². The molecule has 5 nitrogen and oxygen atoms in total. The van der Waals surface area contributed by atoms with E-state index in [4.69, 9.17) is 9.84 Å². The van der Waals surface area contributed by atoms with E-state index in [9.17, 15) is 9.59 Å². The summed E-state index contributed by atoms with van der Waals surface area (Å²) >= 11 is 1.27.